The number of aromatic amines is 1. The quantitative estimate of drug-likeness (QED) is 0.908. The number of carbonyl (C=O) groups is 2. The highest BCUT2D eigenvalue weighted by molar-refractivity contribution is 5.99. The SMILES string of the molecule is CCc1cccc2[nH]c(C(=O)N3C[C@@H]4C[C@H](F)[C@H]3[C@H]4C(=O)O)cc12. The van der Waals surface area contributed by atoms with E-state index in [2.05, 4.69) is 4.98 Å². The van der Waals surface area contributed by atoms with Crippen LogP contribution >= 0.6 is 0 Å². The van der Waals surface area contributed by atoms with Crippen LogP contribution in [0.15, 0.2) is 24.3 Å². The van der Waals surface area contributed by atoms with Gasteiger partial charge in [-0.15, -0.1) is 0 Å². The molecule has 126 valence electrons. The second-order valence-corrected chi connectivity index (χ2v) is 6.74. The Morgan fingerprint density at radius 3 is 2.88 bits per heavy atom. The Morgan fingerprint density at radius 2 is 2.21 bits per heavy atom. The molecule has 2 N–H and O–H groups in total. The molecule has 2 fully saturated rings. The van der Waals surface area contributed by atoms with Crippen LogP contribution in [0.3, 0.4) is 0 Å². The normalized spacial score (nSPS) is 28.7. The molecular weight excluding hydrogens is 311 g/mol. The second-order valence-electron chi connectivity index (χ2n) is 6.74. The molecule has 1 saturated carbocycles. The predicted molar refractivity (Wildman–Crippen MR) is 86.6 cm³/mol. The summed E-state index contributed by atoms with van der Waals surface area (Å²) in [6.07, 6.45) is -0.174. The van der Waals surface area contributed by atoms with Crippen molar-refractivity contribution in [1.29, 1.82) is 0 Å². The van der Waals surface area contributed by atoms with Gasteiger partial charge in [0.05, 0.1) is 12.0 Å². The number of benzene rings is 1. The predicted octanol–water partition coefficient (Wildman–Crippen LogP) is 2.61. The van der Waals surface area contributed by atoms with E-state index in [1.807, 2.05) is 25.1 Å². The van der Waals surface area contributed by atoms with Crippen molar-refractivity contribution in [3.63, 3.8) is 0 Å². The number of hydrogen-bond acceptors (Lipinski definition) is 2. The number of nitrogens with one attached hydrogen (secondary N) is 1. The number of rotatable bonds is 3. The second kappa shape index (κ2) is 5.33. The lowest BCUT2D eigenvalue weighted by molar-refractivity contribution is -0.142. The third-order valence-electron chi connectivity index (χ3n) is 5.48. The van der Waals surface area contributed by atoms with E-state index in [0.717, 1.165) is 22.9 Å². The van der Waals surface area contributed by atoms with E-state index in [1.54, 1.807) is 6.07 Å². The van der Waals surface area contributed by atoms with Crippen LogP contribution in [0.1, 0.15) is 29.4 Å². The molecule has 1 amide bonds. The molecule has 6 heteroatoms. The highest BCUT2D eigenvalue weighted by Gasteiger charge is 2.57. The molecule has 1 aromatic heterocycles. The van der Waals surface area contributed by atoms with Crippen molar-refractivity contribution in [3.05, 3.63) is 35.5 Å². The number of H-pyrrole nitrogens is 1. The fourth-order valence-corrected chi connectivity index (χ4v) is 4.39. The van der Waals surface area contributed by atoms with Crippen molar-refractivity contribution in [2.75, 3.05) is 6.54 Å². The minimum atomic E-state index is -1.26. The van der Waals surface area contributed by atoms with Crippen LogP contribution < -0.4 is 0 Å². The number of fused-ring (bicyclic) bond motifs is 3. The average molecular weight is 330 g/mol. The first-order valence-corrected chi connectivity index (χ1v) is 8.29. The number of halogens is 1. The van der Waals surface area contributed by atoms with Crippen LogP contribution in [-0.2, 0) is 11.2 Å². The number of hydrogen-bond donors (Lipinski definition) is 2. The summed E-state index contributed by atoms with van der Waals surface area (Å²) >= 11 is 0. The summed E-state index contributed by atoms with van der Waals surface area (Å²) in [6, 6.07) is 6.80. The van der Waals surface area contributed by atoms with Crippen LogP contribution in [0.2, 0.25) is 0 Å². The Kier molecular flexibility index (Phi) is 3.37. The van der Waals surface area contributed by atoms with Gasteiger partial charge in [0.15, 0.2) is 0 Å². The van der Waals surface area contributed by atoms with Gasteiger partial charge in [0.2, 0.25) is 0 Å². The zero-order chi connectivity index (χ0) is 17.0. The molecule has 4 rings (SSSR count). The van der Waals surface area contributed by atoms with Crippen molar-refractivity contribution >= 4 is 22.8 Å². The lowest BCUT2D eigenvalue weighted by atomic mass is 9.99. The van der Waals surface area contributed by atoms with Crippen LogP contribution in [-0.4, -0.2) is 45.6 Å². The van der Waals surface area contributed by atoms with Crippen molar-refractivity contribution in [1.82, 2.24) is 9.88 Å². The Hall–Kier alpha value is -2.37. The van der Waals surface area contributed by atoms with E-state index in [4.69, 9.17) is 0 Å². The minimum Gasteiger partial charge on any atom is -0.481 e. The van der Waals surface area contributed by atoms with Gasteiger partial charge in [-0.2, -0.15) is 0 Å². The van der Waals surface area contributed by atoms with Gasteiger partial charge in [-0.05, 0) is 36.5 Å². The summed E-state index contributed by atoms with van der Waals surface area (Å²) in [4.78, 5) is 28.8. The third-order valence-corrected chi connectivity index (χ3v) is 5.48. The number of alkyl halides is 1. The number of aryl methyl sites for hydroxylation is 1. The molecule has 0 unspecified atom stereocenters. The third kappa shape index (κ3) is 2.05. The van der Waals surface area contributed by atoms with Gasteiger partial charge in [-0.3, -0.25) is 9.59 Å². The van der Waals surface area contributed by atoms with E-state index >= 15 is 0 Å². The molecule has 2 aliphatic rings. The molecule has 2 heterocycles. The summed E-state index contributed by atoms with van der Waals surface area (Å²) < 4.78 is 14.2. The van der Waals surface area contributed by atoms with E-state index in [1.165, 1.54) is 4.90 Å². The number of nitrogens with zero attached hydrogens (tertiary/aromatic N) is 1. The Morgan fingerprint density at radius 1 is 1.42 bits per heavy atom. The van der Waals surface area contributed by atoms with E-state index in [0.29, 0.717) is 12.2 Å². The van der Waals surface area contributed by atoms with Crippen LogP contribution in [0, 0.1) is 11.8 Å². The number of aromatic nitrogens is 1. The highest BCUT2D eigenvalue weighted by Crippen LogP contribution is 2.45. The van der Waals surface area contributed by atoms with E-state index in [-0.39, 0.29) is 18.2 Å². The first-order chi connectivity index (χ1) is 11.5. The molecule has 0 spiro atoms. The summed E-state index contributed by atoms with van der Waals surface area (Å²) in [5.74, 6) is -2.40. The number of carboxylic acid groups (broad SMARTS) is 1. The highest BCUT2D eigenvalue weighted by atomic mass is 19.1. The van der Waals surface area contributed by atoms with Gasteiger partial charge >= 0.3 is 5.97 Å². The van der Waals surface area contributed by atoms with Crippen molar-refractivity contribution < 1.29 is 19.1 Å². The van der Waals surface area contributed by atoms with Crippen molar-refractivity contribution in [3.8, 4) is 0 Å². The number of amides is 1. The van der Waals surface area contributed by atoms with Crippen molar-refractivity contribution in [2.45, 2.75) is 32.0 Å². The molecule has 2 aromatic rings. The summed E-state index contributed by atoms with van der Waals surface area (Å²) in [5, 5.41) is 10.3. The fraction of sp³-hybridized carbons (Fsp3) is 0.444. The van der Waals surface area contributed by atoms with Crippen LogP contribution in [0.4, 0.5) is 4.39 Å². The lowest BCUT2D eigenvalue weighted by Gasteiger charge is -2.29. The maximum absolute atomic E-state index is 14.2. The number of piperidine rings is 1. The van der Waals surface area contributed by atoms with Gasteiger partial charge in [0.25, 0.3) is 5.91 Å². The van der Waals surface area contributed by atoms with Gasteiger partial charge in [0, 0.05) is 17.4 Å². The molecule has 4 atom stereocenters. The molecule has 5 nitrogen and oxygen atoms in total. The summed E-state index contributed by atoms with van der Waals surface area (Å²) in [7, 11) is 0. The van der Waals surface area contributed by atoms with Gasteiger partial charge < -0.3 is 15.0 Å². The molecule has 1 saturated heterocycles. The number of aliphatic carboxylic acids is 1. The van der Waals surface area contributed by atoms with E-state index in [9.17, 15) is 19.1 Å². The molecule has 24 heavy (non-hydrogen) atoms. The Bertz CT molecular complexity index is 831. The summed E-state index contributed by atoms with van der Waals surface area (Å²) in [5.41, 5.74) is 2.40. The molecule has 0 radical (unpaired) electrons. The van der Waals surface area contributed by atoms with Crippen molar-refractivity contribution in [2.24, 2.45) is 11.8 Å². The smallest absolute Gasteiger partial charge is 0.309 e. The number of carbonyl (C=O) groups excluding carboxylic acids is 1. The zero-order valence-corrected chi connectivity index (χ0v) is 13.3. The Labute approximate surface area is 138 Å². The molecule has 1 aliphatic carbocycles. The topological polar surface area (TPSA) is 73.4 Å². The van der Waals surface area contributed by atoms with Gasteiger partial charge in [-0.1, -0.05) is 19.1 Å². The maximum Gasteiger partial charge on any atom is 0.309 e. The largest absolute Gasteiger partial charge is 0.481 e. The van der Waals surface area contributed by atoms with Gasteiger partial charge in [0.1, 0.15) is 11.9 Å². The Balaban J connectivity index is 1.69. The lowest BCUT2D eigenvalue weighted by Crippen LogP contribution is -2.45. The fourth-order valence-electron chi connectivity index (χ4n) is 4.39. The first kappa shape index (κ1) is 15.2. The van der Waals surface area contributed by atoms with E-state index < -0.39 is 24.1 Å². The molecular formula is C18H19FN2O3. The summed E-state index contributed by atoms with van der Waals surface area (Å²) in [6.45, 7) is 2.37. The van der Waals surface area contributed by atoms with Gasteiger partial charge in [-0.25, -0.2) is 4.39 Å². The minimum absolute atomic E-state index is 0.234. The average Bonchev–Trinajstić information content (AvgIpc) is 3.23. The standard InChI is InChI=1S/C18H19FN2O3/c1-2-9-4-3-5-13-11(9)7-14(20-13)17(22)21-8-10-6-12(19)16(21)15(10)18(23)24/h3-5,7,10,12,15-16,20H,2,6,8H2,1H3,(H,23,24)/t10-,12-,15-,16-/m0/s1. The monoisotopic (exact) mass is 330 g/mol. The van der Waals surface area contributed by atoms with Crippen LogP contribution in [0.5, 0.6) is 0 Å². The zero-order valence-electron chi connectivity index (χ0n) is 13.3. The molecule has 1 aromatic carbocycles. The maximum atomic E-state index is 14.2. The van der Waals surface area contributed by atoms with Crippen LogP contribution in [0.25, 0.3) is 10.9 Å². The molecule has 2 bridgehead atoms. The number of likely N-dealkylation sites (tertiary alicyclic amines) is 1. The first-order valence-electron chi connectivity index (χ1n) is 8.29. The number of carboxylic acids is 1. The molecule has 1 aliphatic heterocycles.